The number of nitrogens with zero attached hydrogens (tertiary/aromatic N) is 2. The minimum atomic E-state index is -0.778. The Morgan fingerprint density at radius 3 is 2.42 bits per heavy atom. The van der Waals surface area contributed by atoms with Gasteiger partial charge in [0.15, 0.2) is 0 Å². The summed E-state index contributed by atoms with van der Waals surface area (Å²) in [5, 5.41) is 11.8. The summed E-state index contributed by atoms with van der Waals surface area (Å²) in [5.41, 5.74) is 0. The van der Waals surface area contributed by atoms with Gasteiger partial charge in [-0.2, -0.15) is 9.97 Å². The molecule has 7 heteroatoms. The van der Waals surface area contributed by atoms with Gasteiger partial charge < -0.3 is 19.9 Å². The second-order valence-corrected chi connectivity index (χ2v) is 4.08. The second-order valence-electron chi connectivity index (χ2n) is 4.08. The van der Waals surface area contributed by atoms with Crippen LogP contribution in [0.5, 0.6) is 11.8 Å². The molecule has 106 valence electrons. The fourth-order valence-corrected chi connectivity index (χ4v) is 1.42. The van der Waals surface area contributed by atoms with Crippen LogP contribution in [0.4, 0.5) is 5.95 Å². The molecule has 19 heavy (non-hydrogen) atoms. The van der Waals surface area contributed by atoms with E-state index in [1.807, 2.05) is 0 Å². The molecule has 0 radical (unpaired) electrons. The Kier molecular flexibility index (Phi) is 5.84. The number of rotatable bonds is 8. The van der Waals surface area contributed by atoms with Crippen molar-refractivity contribution in [2.24, 2.45) is 5.92 Å². The average molecular weight is 269 g/mol. The van der Waals surface area contributed by atoms with Crippen molar-refractivity contribution in [1.82, 2.24) is 9.97 Å². The number of nitrogens with one attached hydrogen (secondary N) is 1. The van der Waals surface area contributed by atoms with Crippen molar-refractivity contribution < 1.29 is 19.4 Å². The van der Waals surface area contributed by atoms with Gasteiger partial charge in [-0.3, -0.25) is 4.79 Å². The Morgan fingerprint density at radius 2 is 1.95 bits per heavy atom. The van der Waals surface area contributed by atoms with Gasteiger partial charge in [-0.05, 0) is 12.8 Å². The van der Waals surface area contributed by atoms with Crippen LogP contribution in [-0.4, -0.2) is 41.8 Å². The lowest BCUT2D eigenvalue weighted by molar-refractivity contribution is -0.141. The van der Waals surface area contributed by atoms with Crippen LogP contribution in [-0.2, 0) is 4.79 Å². The zero-order valence-electron chi connectivity index (χ0n) is 11.3. The standard InChI is InChI=1S/C12H19N3O4/c1-8(11(16)17)5-4-6-13-12-14-9(18-2)7-10(15-12)19-3/h7-8H,4-6H2,1-3H3,(H,16,17)(H,13,14,15). The molecule has 1 aromatic heterocycles. The molecule has 0 amide bonds. The molecular formula is C12H19N3O4. The summed E-state index contributed by atoms with van der Waals surface area (Å²) < 4.78 is 10.0. The lowest BCUT2D eigenvalue weighted by atomic mass is 10.1. The molecule has 1 aromatic rings. The first-order valence-electron chi connectivity index (χ1n) is 6.00. The number of anilines is 1. The van der Waals surface area contributed by atoms with Crippen LogP contribution in [0, 0.1) is 5.92 Å². The second kappa shape index (κ2) is 7.40. The summed E-state index contributed by atoms with van der Waals surface area (Å²) in [6.07, 6.45) is 1.32. The molecule has 1 atom stereocenters. The van der Waals surface area contributed by atoms with Gasteiger partial charge in [-0.25, -0.2) is 0 Å². The van der Waals surface area contributed by atoms with Crippen molar-refractivity contribution in [2.45, 2.75) is 19.8 Å². The molecule has 0 aromatic carbocycles. The highest BCUT2D eigenvalue weighted by atomic mass is 16.5. The molecular weight excluding hydrogens is 250 g/mol. The highest BCUT2D eigenvalue weighted by Crippen LogP contribution is 2.17. The van der Waals surface area contributed by atoms with Gasteiger partial charge in [-0.15, -0.1) is 0 Å². The lowest BCUT2D eigenvalue weighted by Crippen LogP contribution is -2.12. The molecule has 0 saturated heterocycles. The van der Waals surface area contributed by atoms with Crippen LogP contribution >= 0.6 is 0 Å². The quantitative estimate of drug-likeness (QED) is 0.689. The molecule has 7 nitrogen and oxygen atoms in total. The number of aromatic nitrogens is 2. The Morgan fingerprint density at radius 1 is 1.37 bits per heavy atom. The average Bonchev–Trinajstić information content (AvgIpc) is 2.42. The van der Waals surface area contributed by atoms with Crippen molar-refractivity contribution in [2.75, 3.05) is 26.1 Å². The van der Waals surface area contributed by atoms with E-state index in [9.17, 15) is 4.79 Å². The third kappa shape index (κ3) is 4.99. The smallest absolute Gasteiger partial charge is 0.306 e. The van der Waals surface area contributed by atoms with Crippen LogP contribution in [0.15, 0.2) is 6.07 Å². The van der Waals surface area contributed by atoms with E-state index in [1.54, 1.807) is 13.0 Å². The van der Waals surface area contributed by atoms with Gasteiger partial charge >= 0.3 is 5.97 Å². The maximum absolute atomic E-state index is 10.7. The van der Waals surface area contributed by atoms with Crippen molar-refractivity contribution >= 4 is 11.9 Å². The fraction of sp³-hybridized carbons (Fsp3) is 0.583. The van der Waals surface area contributed by atoms with Gasteiger partial charge in [0.2, 0.25) is 17.7 Å². The number of carboxylic acid groups (broad SMARTS) is 1. The Balaban J connectivity index is 2.46. The van der Waals surface area contributed by atoms with Crippen molar-refractivity contribution in [3.8, 4) is 11.8 Å². The van der Waals surface area contributed by atoms with Crippen LogP contribution in [0.2, 0.25) is 0 Å². The van der Waals surface area contributed by atoms with Crippen LogP contribution < -0.4 is 14.8 Å². The van der Waals surface area contributed by atoms with Crippen molar-refractivity contribution in [1.29, 1.82) is 0 Å². The highest BCUT2D eigenvalue weighted by Gasteiger charge is 2.10. The Hall–Kier alpha value is -2.05. The lowest BCUT2D eigenvalue weighted by Gasteiger charge is -2.09. The van der Waals surface area contributed by atoms with E-state index in [-0.39, 0.29) is 5.92 Å². The van der Waals surface area contributed by atoms with Crippen molar-refractivity contribution in [3.63, 3.8) is 0 Å². The maximum Gasteiger partial charge on any atom is 0.306 e. The molecule has 0 spiro atoms. The number of carbonyl (C=O) groups is 1. The van der Waals surface area contributed by atoms with Gasteiger partial charge in [-0.1, -0.05) is 6.92 Å². The van der Waals surface area contributed by atoms with Crippen molar-refractivity contribution in [3.05, 3.63) is 6.07 Å². The molecule has 0 aliphatic rings. The van der Waals surface area contributed by atoms with E-state index in [0.717, 1.165) is 6.42 Å². The highest BCUT2D eigenvalue weighted by molar-refractivity contribution is 5.69. The number of aliphatic carboxylic acids is 1. The first kappa shape index (κ1) is 15.0. The summed E-state index contributed by atoms with van der Waals surface area (Å²) >= 11 is 0. The number of methoxy groups -OCH3 is 2. The first-order valence-corrected chi connectivity index (χ1v) is 6.00. The maximum atomic E-state index is 10.7. The predicted molar refractivity (Wildman–Crippen MR) is 69.7 cm³/mol. The number of hydrogen-bond donors (Lipinski definition) is 2. The molecule has 1 unspecified atom stereocenters. The normalized spacial score (nSPS) is 11.7. The number of carboxylic acids is 1. The van der Waals surface area contributed by atoms with E-state index < -0.39 is 5.97 Å². The van der Waals surface area contributed by atoms with Gasteiger partial charge in [0, 0.05) is 6.54 Å². The molecule has 0 aliphatic heterocycles. The summed E-state index contributed by atoms with van der Waals surface area (Å²) in [6, 6.07) is 1.58. The zero-order valence-corrected chi connectivity index (χ0v) is 11.3. The SMILES string of the molecule is COc1cc(OC)nc(NCCCC(C)C(=O)O)n1. The van der Waals surface area contributed by atoms with E-state index in [1.165, 1.54) is 14.2 Å². The molecule has 0 bridgehead atoms. The molecule has 1 heterocycles. The van der Waals surface area contributed by atoms with Gasteiger partial charge in [0.25, 0.3) is 0 Å². The largest absolute Gasteiger partial charge is 0.481 e. The number of hydrogen-bond acceptors (Lipinski definition) is 6. The molecule has 0 fully saturated rings. The minimum absolute atomic E-state index is 0.345. The number of ether oxygens (including phenoxy) is 2. The van der Waals surface area contributed by atoms with Crippen LogP contribution in [0.3, 0.4) is 0 Å². The van der Waals surface area contributed by atoms with Crippen LogP contribution in [0.25, 0.3) is 0 Å². The first-order chi connectivity index (χ1) is 9.06. The topological polar surface area (TPSA) is 93.6 Å². The van der Waals surface area contributed by atoms with Gasteiger partial charge in [0.05, 0.1) is 26.2 Å². The summed E-state index contributed by atoms with van der Waals surface area (Å²) in [4.78, 5) is 18.9. The Bertz CT molecular complexity index is 403. The zero-order chi connectivity index (χ0) is 14.3. The molecule has 0 aliphatic carbocycles. The van der Waals surface area contributed by atoms with Gasteiger partial charge in [0.1, 0.15) is 0 Å². The summed E-state index contributed by atoms with van der Waals surface area (Å²) in [7, 11) is 3.03. The predicted octanol–water partition coefficient (Wildman–Crippen LogP) is 1.41. The minimum Gasteiger partial charge on any atom is -0.481 e. The third-order valence-electron chi connectivity index (χ3n) is 2.62. The van der Waals surface area contributed by atoms with E-state index in [2.05, 4.69) is 15.3 Å². The summed E-state index contributed by atoms with van der Waals surface area (Å²) in [5.74, 6) is 0.0996. The van der Waals surface area contributed by atoms with E-state index >= 15 is 0 Å². The molecule has 1 rings (SSSR count). The Labute approximate surface area is 112 Å². The molecule has 0 saturated carbocycles. The van der Waals surface area contributed by atoms with Crippen LogP contribution in [0.1, 0.15) is 19.8 Å². The summed E-state index contributed by atoms with van der Waals surface area (Å²) in [6.45, 7) is 2.28. The molecule has 2 N–H and O–H groups in total. The van der Waals surface area contributed by atoms with E-state index in [4.69, 9.17) is 14.6 Å². The fourth-order valence-electron chi connectivity index (χ4n) is 1.42. The third-order valence-corrected chi connectivity index (χ3v) is 2.62. The van der Waals surface area contributed by atoms with E-state index in [0.29, 0.717) is 30.7 Å². The monoisotopic (exact) mass is 269 g/mol.